The first-order valence-corrected chi connectivity index (χ1v) is 12.8. The summed E-state index contributed by atoms with van der Waals surface area (Å²) >= 11 is 13.3. The summed E-state index contributed by atoms with van der Waals surface area (Å²) in [5, 5.41) is 15.8. The van der Waals surface area contributed by atoms with E-state index in [9.17, 15) is 9.59 Å². The van der Waals surface area contributed by atoms with Crippen molar-refractivity contribution in [3.05, 3.63) is 76.6 Å². The van der Waals surface area contributed by atoms with Crippen molar-refractivity contribution >= 4 is 52.5 Å². The van der Waals surface area contributed by atoms with Crippen LogP contribution in [-0.4, -0.2) is 39.4 Å². The molecule has 1 aromatic heterocycles. The maximum absolute atomic E-state index is 12.9. The Morgan fingerprint density at radius 3 is 2.53 bits per heavy atom. The average molecular weight is 548 g/mol. The molecule has 0 aliphatic rings. The number of nitrogens with one attached hydrogen (secondary N) is 2. The van der Waals surface area contributed by atoms with Crippen LogP contribution in [0.2, 0.25) is 10.0 Å². The number of halogens is 2. The molecule has 0 aliphatic heterocycles. The minimum atomic E-state index is -0.416. The van der Waals surface area contributed by atoms with Gasteiger partial charge in [0.15, 0.2) is 11.0 Å². The van der Waals surface area contributed by atoms with E-state index >= 15 is 0 Å². The molecule has 190 valence electrons. The highest BCUT2D eigenvalue weighted by molar-refractivity contribution is 7.99. The highest BCUT2D eigenvalue weighted by Gasteiger charge is 2.26. The Morgan fingerprint density at radius 2 is 1.89 bits per heavy atom. The molecule has 0 saturated heterocycles. The molecule has 2 aromatic carbocycles. The second-order valence-corrected chi connectivity index (χ2v) is 9.91. The maximum atomic E-state index is 12.9. The minimum Gasteiger partial charge on any atom is -0.497 e. The predicted molar refractivity (Wildman–Crippen MR) is 144 cm³/mol. The third-order valence-corrected chi connectivity index (χ3v) is 6.71. The first-order valence-electron chi connectivity index (χ1n) is 11.1. The highest BCUT2D eigenvalue weighted by Crippen LogP contribution is 2.28. The first kappa shape index (κ1) is 27.6. The van der Waals surface area contributed by atoms with E-state index in [-0.39, 0.29) is 23.5 Å². The highest BCUT2D eigenvalue weighted by atomic mass is 35.5. The number of allylic oxidation sites excluding steroid dienone is 1. The van der Waals surface area contributed by atoms with Crippen molar-refractivity contribution in [3.8, 4) is 5.75 Å². The molecule has 2 N–H and O–H groups in total. The van der Waals surface area contributed by atoms with Crippen LogP contribution in [0.1, 0.15) is 36.1 Å². The van der Waals surface area contributed by atoms with Gasteiger partial charge in [0.25, 0.3) is 5.91 Å². The van der Waals surface area contributed by atoms with E-state index in [0.29, 0.717) is 44.6 Å². The van der Waals surface area contributed by atoms with Gasteiger partial charge in [-0.05, 0) is 48.4 Å². The van der Waals surface area contributed by atoms with Crippen molar-refractivity contribution in [3.63, 3.8) is 0 Å². The van der Waals surface area contributed by atoms with E-state index in [1.54, 1.807) is 55.7 Å². The fourth-order valence-electron chi connectivity index (χ4n) is 3.34. The number of nitrogens with zero attached hydrogens (tertiary/aromatic N) is 3. The van der Waals surface area contributed by atoms with Gasteiger partial charge in [-0.15, -0.1) is 16.8 Å². The number of aromatic nitrogens is 3. The monoisotopic (exact) mass is 547 g/mol. The molecule has 0 bridgehead atoms. The van der Waals surface area contributed by atoms with Gasteiger partial charge in [-0.1, -0.05) is 54.9 Å². The summed E-state index contributed by atoms with van der Waals surface area (Å²) in [7, 11) is 1.57. The molecule has 0 fully saturated rings. The minimum absolute atomic E-state index is 0.0195. The topological polar surface area (TPSA) is 98.1 Å². The van der Waals surface area contributed by atoms with E-state index in [0.717, 1.165) is 0 Å². The first-order chi connectivity index (χ1) is 17.2. The Labute approximate surface area is 224 Å². The van der Waals surface area contributed by atoms with Crippen molar-refractivity contribution in [1.29, 1.82) is 0 Å². The molecule has 0 unspecified atom stereocenters. The van der Waals surface area contributed by atoms with E-state index in [2.05, 4.69) is 27.4 Å². The van der Waals surface area contributed by atoms with Crippen LogP contribution in [0, 0.1) is 5.92 Å². The van der Waals surface area contributed by atoms with Crippen LogP contribution in [0.25, 0.3) is 0 Å². The third kappa shape index (κ3) is 7.02. The third-order valence-electron chi connectivity index (χ3n) is 5.18. The quantitative estimate of drug-likeness (QED) is 0.238. The second-order valence-electron chi connectivity index (χ2n) is 8.12. The van der Waals surface area contributed by atoms with Crippen LogP contribution in [0.3, 0.4) is 0 Å². The number of benzene rings is 2. The van der Waals surface area contributed by atoms with Gasteiger partial charge in [0.1, 0.15) is 5.75 Å². The number of rotatable bonds is 11. The van der Waals surface area contributed by atoms with Crippen LogP contribution < -0.4 is 15.4 Å². The van der Waals surface area contributed by atoms with Crippen molar-refractivity contribution in [2.45, 2.75) is 31.6 Å². The van der Waals surface area contributed by atoms with Gasteiger partial charge in [-0.2, -0.15) is 0 Å². The summed E-state index contributed by atoms with van der Waals surface area (Å²) in [5.41, 5.74) is 0.936. The molecule has 0 radical (unpaired) electrons. The van der Waals surface area contributed by atoms with Crippen molar-refractivity contribution in [2.24, 2.45) is 5.92 Å². The lowest BCUT2D eigenvalue weighted by Crippen LogP contribution is -2.33. The summed E-state index contributed by atoms with van der Waals surface area (Å²) < 4.78 is 7.00. The molecule has 3 rings (SSSR count). The SMILES string of the molecule is C=CCn1c(SCC(=O)Nc2cc(Cl)ccc2Cl)nnc1[C@@H](NC(=O)c1ccc(OC)cc1)C(C)C. The van der Waals surface area contributed by atoms with Crippen LogP contribution in [0.15, 0.2) is 60.3 Å². The summed E-state index contributed by atoms with van der Waals surface area (Å²) in [6, 6.07) is 11.3. The molecule has 0 saturated carbocycles. The number of carbonyl (C=O) groups is 2. The lowest BCUT2D eigenvalue weighted by atomic mass is 10.0. The molecule has 8 nitrogen and oxygen atoms in total. The van der Waals surface area contributed by atoms with Crippen molar-refractivity contribution in [2.75, 3.05) is 18.2 Å². The van der Waals surface area contributed by atoms with E-state index < -0.39 is 6.04 Å². The van der Waals surface area contributed by atoms with Crippen LogP contribution in [-0.2, 0) is 11.3 Å². The predicted octanol–water partition coefficient (Wildman–Crippen LogP) is 5.64. The Balaban J connectivity index is 1.75. The summed E-state index contributed by atoms with van der Waals surface area (Å²) in [5.74, 6) is 0.825. The Bertz CT molecular complexity index is 1230. The summed E-state index contributed by atoms with van der Waals surface area (Å²) in [6.45, 7) is 8.21. The van der Waals surface area contributed by atoms with Crippen LogP contribution in [0.5, 0.6) is 5.75 Å². The Morgan fingerprint density at radius 1 is 1.17 bits per heavy atom. The smallest absolute Gasteiger partial charge is 0.251 e. The number of carbonyl (C=O) groups excluding carboxylic acids is 2. The number of hydrogen-bond donors (Lipinski definition) is 2. The van der Waals surface area contributed by atoms with Gasteiger partial charge in [-0.3, -0.25) is 9.59 Å². The Kier molecular flexibility index (Phi) is 9.81. The van der Waals surface area contributed by atoms with Gasteiger partial charge < -0.3 is 19.9 Å². The van der Waals surface area contributed by atoms with Gasteiger partial charge in [0.2, 0.25) is 5.91 Å². The number of anilines is 1. The van der Waals surface area contributed by atoms with Gasteiger partial charge in [0.05, 0.1) is 29.6 Å². The molecule has 1 heterocycles. The van der Waals surface area contributed by atoms with E-state index in [4.69, 9.17) is 27.9 Å². The molecule has 3 aromatic rings. The fraction of sp³-hybridized carbons (Fsp3) is 0.280. The molecule has 0 spiro atoms. The fourth-order valence-corrected chi connectivity index (χ4v) is 4.44. The molecule has 0 aliphatic carbocycles. The second kappa shape index (κ2) is 12.8. The zero-order chi connectivity index (χ0) is 26.2. The molecule has 2 amide bonds. The number of hydrogen-bond acceptors (Lipinski definition) is 6. The molecule has 1 atom stereocenters. The molecule has 11 heteroatoms. The molecular formula is C25H27Cl2N5O3S. The largest absolute Gasteiger partial charge is 0.497 e. The zero-order valence-corrected chi connectivity index (χ0v) is 22.5. The number of thioether (sulfide) groups is 1. The Hall–Kier alpha value is -3.01. The van der Waals surface area contributed by atoms with Crippen molar-refractivity contribution < 1.29 is 14.3 Å². The molecular weight excluding hydrogens is 521 g/mol. The summed E-state index contributed by atoms with van der Waals surface area (Å²) in [6.07, 6.45) is 1.71. The van der Waals surface area contributed by atoms with Gasteiger partial charge in [-0.25, -0.2) is 0 Å². The van der Waals surface area contributed by atoms with Gasteiger partial charge >= 0.3 is 0 Å². The lowest BCUT2D eigenvalue weighted by Gasteiger charge is -2.22. The standard InChI is InChI=1S/C25H27Cl2N5O3S/c1-5-12-32-23(22(15(2)3)29-24(34)16-6-9-18(35-4)10-7-16)30-31-25(32)36-14-21(33)28-20-13-17(26)8-11-19(20)27/h5-11,13,15,22H,1,12,14H2,2-4H3,(H,28,33)(H,29,34)/t22-/m0/s1. The normalized spacial score (nSPS) is 11.7. The van der Waals surface area contributed by atoms with Crippen LogP contribution in [0.4, 0.5) is 5.69 Å². The summed E-state index contributed by atoms with van der Waals surface area (Å²) in [4.78, 5) is 25.5. The van der Waals surface area contributed by atoms with Gasteiger partial charge in [0, 0.05) is 17.1 Å². The molecule has 36 heavy (non-hydrogen) atoms. The van der Waals surface area contributed by atoms with E-state index in [1.807, 2.05) is 18.4 Å². The lowest BCUT2D eigenvalue weighted by molar-refractivity contribution is -0.113. The number of methoxy groups -OCH3 is 1. The zero-order valence-electron chi connectivity index (χ0n) is 20.1. The number of ether oxygens (including phenoxy) is 1. The van der Waals surface area contributed by atoms with Crippen LogP contribution >= 0.6 is 35.0 Å². The van der Waals surface area contributed by atoms with E-state index in [1.165, 1.54) is 11.8 Å². The average Bonchev–Trinajstić information content (AvgIpc) is 3.25. The van der Waals surface area contributed by atoms with Crippen molar-refractivity contribution in [1.82, 2.24) is 20.1 Å². The maximum Gasteiger partial charge on any atom is 0.251 e. The number of amides is 2.